The number of amides is 1. The van der Waals surface area contributed by atoms with Crippen molar-refractivity contribution < 1.29 is 23.5 Å². The van der Waals surface area contributed by atoms with Crippen molar-refractivity contribution in [3.63, 3.8) is 0 Å². The summed E-state index contributed by atoms with van der Waals surface area (Å²) >= 11 is 0. The zero-order valence-corrected chi connectivity index (χ0v) is 11.0. The van der Waals surface area contributed by atoms with Crippen LogP contribution in [0.1, 0.15) is 27.2 Å². The monoisotopic (exact) mass is 259 g/mol. The van der Waals surface area contributed by atoms with Gasteiger partial charge in [0.25, 0.3) is 0 Å². The van der Waals surface area contributed by atoms with Gasteiger partial charge in [-0.25, -0.2) is 14.0 Å². The zero-order chi connectivity index (χ0) is 13.7. The summed E-state index contributed by atoms with van der Waals surface area (Å²) < 4.78 is 23.8. The molecule has 1 aliphatic carbocycles. The Balaban J connectivity index is 2.19. The van der Waals surface area contributed by atoms with E-state index in [-0.39, 0.29) is 12.5 Å². The van der Waals surface area contributed by atoms with Crippen LogP contribution in [0.4, 0.5) is 9.18 Å². The van der Waals surface area contributed by atoms with Crippen molar-refractivity contribution >= 4 is 12.1 Å². The van der Waals surface area contributed by atoms with Crippen molar-refractivity contribution in [3.8, 4) is 0 Å². The van der Waals surface area contributed by atoms with Crippen molar-refractivity contribution in [1.29, 1.82) is 0 Å². The Morgan fingerprint density at radius 3 is 2.44 bits per heavy atom. The van der Waals surface area contributed by atoms with Crippen LogP contribution in [0.25, 0.3) is 0 Å². The van der Waals surface area contributed by atoms with E-state index >= 15 is 0 Å². The summed E-state index contributed by atoms with van der Waals surface area (Å²) in [6.07, 6.45) is -1.69. The highest BCUT2D eigenvalue weighted by Crippen LogP contribution is 2.53. The smallest absolute Gasteiger partial charge is 0.411 e. The van der Waals surface area contributed by atoms with Gasteiger partial charge >= 0.3 is 12.1 Å². The Morgan fingerprint density at radius 2 is 2.00 bits per heavy atom. The minimum atomic E-state index is -1.46. The lowest BCUT2D eigenvalue weighted by atomic mass is 9.71. The van der Waals surface area contributed by atoms with E-state index in [2.05, 4.69) is 4.74 Å². The second kappa shape index (κ2) is 3.83. The van der Waals surface area contributed by atoms with Gasteiger partial charge in [0.15, 0.2) is 5.54 Å². The Kier molecular flexibility index (Phi) is 2.79. The summed E-state index contributed by atoms with van der Waals surface area (Å²) in [5.41, 5.74) is -2.13. The first-order valence-corrected chi connectivity index (χ1v) is 5.95. The summed E-state index contributed by atoms with van der Waals surface area (Å²) in [5.74, 6) is -0.980. The van der Waals surface area contributed by atoms with Crippen molar-refractivity contribution in [1.82, 2.24) is 4.90 Å². The second-order valence-corrected chi connectivity index (χ2v) is 5.87. The van der Waals surface area contributed by atoms with Crippen LogP contribution in [-0.2, 0) is 14.3 Å². The number of hydrogen-bond donors (Lipinski definition) is 0. The van der Waals surface area contributed by atoms with Gasteiger partial charge in [0.1, 0.15) is 11.8 Å². The predicted octanol–water partition coefficient (Wildman–Crippen LogP) is 1.51. The summed E-state index contributed by atoms with van der Waals surface area (Å²) in [6, 6.07) is 0. The number of rotatable bonds is 1. The largest absolute Gasteiger partial charge is 0.467 e. The molecule has 102 valence electrons. The van der Waals surface area contributed by atoms with Crippen LogP contribution in [0.5, 0.6) is 0 Å². The van der Waals surface area contributed by atoms with Crippen LogP contribution in [0.15, 0.2) is 0 Å². The van der Waals surface area contributed by atoms with Gasteiger partial charge in [-0.3, -0.25) is 4.90 Å². The molecule has 6 heteroatoms. The summed E-state index contributed by atoms with van der Waals surface area (Å²) in [7, 11) is 1.20. The maximum atomic E-state index is 14.0. The lowest BCUT2D eigenvalue weighted by Crippen LogP contribution is -2.63. The average molecular weight is 259 g/mol. The molecule has 0 N–H and O–H groups in total. The Hall–Kier alpha value is -1.33. The third kappa shape index (κ3) is 1.66. The number of methoxy groups -OCH3 is 1. The fourth-order valence-electron chi connectivity index (χ4n) is 2.70. The van der Waals surface area contributed by atoms with E-state index in [9.17, 15) is 14.0 Å². The van der Waals surface area contributed by atoms with Crippen LogP contribution in [0.3, 0.4) is 0 Å². The number of hydrogen-bond acceptors (Lipinski definition) is 4. The molecular formula is C12H18FNO4. The summed E-state index contributed by atoms with van der Waals surface area (Å²) in [4.78, 5) is 24.9. The van der Waals surface area contributed by atoms with Crippen molar-refractivity contribution in [2.24, 2.45) is 5.92 Å². The van der Waals surface area contributed by atoms with Gasteiger partial charge in [-0.15, -0.1) is 0 Å². The molecule has 18 heavy (non-hydrogen) atoms. The number of halogens is 1. The molecule has 3 rings (SSSR count). The van der Waals surface area contributed by atoms with E-state index < -0.39 is 29.4 Å². The lowest BCUT2D eigenvalue weighted by Gasteiger charge is -2.41. The fraction of sp³-hybridized carbons (Fsp3) is 0.833. The van der Waals surface area contributed by atoms with Crippen molar-refractivity contribution in [2.75, 3.05) is 13.7 Å². The Morgan fingerprint density at radius 1 is 1.39 bits per heavy atom. The molecular weight excluding hydrogens is 241 g/mol. The molecule has 3 fully saturated rings. The highest BCUT2D eigenvalue weighted by Gasteiger charge is 2.72. The Bertz CT molecular complexity index is 392. The molecule has 0 radical (unpaired) electrons. The first-order chi connectivity index (χ1) is 8.22. The molecule has 0 aromatic carbocycles. The molecule has 0 aromatic heterocycles. The third-order valence-electron chi connectivity index (χ3n) is 3.49. The van der Waals surface area contributed by atoms with Crippen molar-refractivity contribution in [2.45, 2.75) is 44.5 Å². The van der Waals surface area contributed by atoms with Gasteiger partial charge in [0.05, 0.1) is 7.11 Å². The van der Waals surface area contributed by atoms with Crippen molar-refractivity contribution in [3.05, 3.63) is 0 Å². The number of carbonyl (C=O) groups excluding carboxylic acids is 2. The van der Waals surface area contributed by atoms with Crippen LogP contribution < -0.4 is 0 Å². The molecule has 0 unspecified atom stereocenters. The minimum Gasteiger partial charge on any atom is -0.467 e. The number of ether oxygens (including phenoxy) is 2. The fourth-order valence-corrected chi connectivity index (χ4v) is 2.70. The highest BCUT2D eigenvalue weighted by atomic mass is 19.1. The first-order valence-electron chi connectivity index (χ1n) is 5.95. The van der Waals surface area contributed by atoms with E-state index in [1.165, 1.54) is 12.0 Å². The standard InChI is InChI=1S/C12H18FNO4/c1-11(2,3)18-10(16)14-6-7-5-12(14,8(7)13)9(15)17-4/h7-8H,5-6H2,1-4H3/t7-,8-,12-/m1/s1. The van der Waals surface area contributed by atoms with Gasteiger partial charge < -0.3 is 9.47 Å². The van der Waals surface area contributed by atoms with Crippen LogP contribution in [-0.4, -0.2) is 47.9 Å². The predicted molar refractivity (Wildman–Crippen MR) is 60.7 cm³/mol. The van der Waals surface area contributed by atoms with Gasteiger partial charge in [0, 0.05) is 12.5 Å². The quantitative estimate of drug-likeness (QED) is 0.670. The molecule has 2 aliphatic heterocycles. The average Bonchev–Trinajstić information content (AvgIpc) is 2.78. The second-order valence-electron chi connectivity index (χ2n) is 5.87. The topological polar surface area (TPSA) is 55.8 Å². The number of nitrogens with zero attached hydrogens (tertiary/aromatic N) is 1. The normalized spacial score (nSPS) is 33.9. The van der Waals surface area contributed by atoms with E-state index in [1.807, 2.05) is 0 Å². The number of carbonyl (C=O) groups is 2. The maximum absolute atomic E-state index is 14.0. The van der Waals surface area contributed by atoms with E-state index in [0.29, 0.717) is 6.42 Å². The highest BCUT2D eigenvalue weighted by molar-refractivity contribution is 5.89. The molecule has 3 aliphatic rings. The van der Waals surface area contributed by atoms with Gasteiger partial charge in [0.2, 0.25) is 0 Å². The Labute approximate surface area is 105 Å². The molecule has 3 atom stereocenters. The lowest BCUT2D eigenvalue weighted by molar-refractivity contribution is -0.162. The van der Waals surface area contributed by atoms with Gasteiger partial charge in [-0.1, -0.05) is 0 Å². The number of esters is 1. The molecule has 0 spiro atoms. The zero-order valence-electron chi connectivity index (χ0n) is 11.0. The van der Waals surface area contributed by atoms with E-state index in [0.717, 1.165) is 0 Å². The van der Waals surface area contributed by atoms with E-state index in [4.69, 9.17) is 4.74 Å². The first kappa shape index (κ1) is 13.1. The number of alkyl halides is 1. The number of fused-ring (bicyclic) bond motifs is 1. The molecule has 5 nitrogen and oxygen atoms in total. The molecule has 2 heterocycles. The molecule has 2 bridgehead atoms. The molecule has 1 saturated carbocycles. The van der Waals surface area contributed by atoms with Crippen LogP contribution in [0.2, 0.25) is 0 Å². The van der Waals surface area contributed by atoms with E-state index in [1.54, 1.807) is 20.8 Å². The summed E-state index contributed by atoms with van der Waals surface area (Å²) in [6.45, 7) is 5.39. The maximum Gasteiger partial charge on any atom is 0.411 e. The third-order valence-corrected chi connectivity index (χ3v) is 3.49. The van der Waals surface area contributed by atoms with Gasteiger partial charge in [-0.05, 0) is 27.2 Å². The molecule has 2 saturated heterocycles. The molecule has 0 aromatic rings. The summed E-state index contributed by atoms with van der Waals surface area (Å²) in [5, 5.41) is 0. The van der Waals surface area contributed by atoms with Gasteiger partial charge in [-0.2, -0.15) is 0 Å². The minimum absolute atomic E-state index is 0.213. The van der Waals surface area contributed by atoms with Crippen LogP contribution >= 0.6 is 0 Å². The SMILES string of the molecule is COC(=O)[C@]12C[C@H](CN1C(=O)OC(C)(C)C)[C@H]2F. The molecule has 1 amide bonds. The van der Waals surface area contributed by atoms with Crippen LogP contribution in [0, 0.1) is 5.92 Å².